The van der Waals surface area contributed by atoms with Crippen molar-refractivity contribution in [3.05, 3.63) is 23.0 Å². The van der Waals surface area contributed by atoms with Crippen molar-refractivity contribution in [2.75, 3.05) is 20.0 Å². The molecule has 2 saturated heterocycles. The molecule has 47 heavy (non-hydrogen) atoms. The highest BCUT2D eigenvalue weighted by Gasteiger charge is 2.85. The minimum atomic E-state index is -3.61. The molecule has 11 atom stereocenters. The van der Waals surface area contributed by atoms with E-state index in [2.05, 4.69) is 4.72 Å². The molecule has 4 fully saturated rings. The van der Waals surface area contributed by atoms with Gasteiger partial charge in [-0.3, -0.25) is 9.59 Å². The summed E-state index contributed by atoms with van der Waals surface area (Å²) < 4.78 is 53.6. The lowest BCUT2D eigenvalue weighted by molar-refractivity contribution is -0.290. The molecule has 15 nitrogen and oxygen atoms in total. The molecule has 3 N–H and O–H groups in total. The summed E-state index contributed by atoms with van der Waals surface area (Å²) >= 11 is 0. The van der Waals surface area contributed by atoms with Gasteiger partial charge in [-0.2, -0.15) is 0 Å². The Hall–Kier alpha value is -3.18. The third-order valence-corrected chi connectivity index (χ3v) is 11.4. The number of esters is 4. The molecule has 2 saturated carbocycles. The molecular weight excluding hydrogens is 642 g/mol. The number of ketones is 1. The Kier molecular flexibility index (Phi) is 8.79. The Labute approximate surface area is 272 Å². The summed E-state index contributed by atoms with van der Waals surface area (Å²) in [4.78, 5) is 66.5. The van der Waals surface area contributed by atoms with Crippen molar-refractivity contribution < 1.29 is 66.3 Å². The maximum absolute atomic E-state index is 13.8. The van der Waals surface area contributed by atoms with Crippen LogP contribution in [-0.4, -0.2) is 104 Å². The van der Waals surface area contributed by atoms with Crippen LogP contribution in [0.15, 0.2) is 23.0 Å². The van der Waals surface area contributed by atoms with Gasteiger partial charge in [-0.15, -0.1) is 0 Å². The number of fused-ring (bicyclic) bond motifs is 2. The number of rotatable bonds is 8. The first kappa shape index (κ1) is 35.1. The lowest BCUT2D eigenvalue weighted by atomic mass is 9.38. The van der Waals surface area contributed by atoms with Crippen LogP contribution in [0.2, 0.25) is 0 Å². The molecule has 2 bridgehead atoms. The van der Waals surface area contributed by atoms with E-state index in [1.54, 1.807) is 27.7 Å². The predicted molar refractivity (Wildman–Crippen MR) is 158 cm³/mol. The van der Waals surface area contributed by atoms with E-state index >= 15 is 0 Å². The third-order valence-electron chi connectivity index (χ3n) is 10.6. The van der Waals surface area contributed by atoms with Crippen LogP contribution in [0.1, 0.15) is 53.9 Å². The summed E-state index contributed by atoms with van der Waals surface area (Å²) in [5.74, 6) is -7.64. The molecule has 5 aliphatic rings. The van der Waals surface area contributed by atoms with Crippen LogP contribution >= 0.6 is 0 Å². The number of Topliss-reactive ketones (excluding diaryl/α,β-unsaturated/α-hetero) is 1. The van der Waals surface area contributed by atoms with Crippen molar-refractivity contribution in [2.24, 2.45) is 28.6 Å². The van der Waals surface area contributed by atoms with E-state index < -0.39 is 104 Å². The van der Waals surface area contributed by atoms with Crippen LogP contribution in [0.3, 0.4) is 0 Å². The van der Waals surface area contributed by atoms with E-state index in [4.69, 9.17) is 23.7 Å². The summed E-state index contributed by atoms with van der Waals surface area (Å²) in [6.45, 7) is 7.78. The van der Waals surface area contributed by atoms with Crippen LogP contribution in [0.5, 0.6) is 0 Å². The normalized spacial score (nSPS) is 39.6. The van der Waals surface area contributed by atoms with Crippen molar-refractivity contribution in [1.29, 1.82) is 0 Å². The van der Waals surface area contributed by atoms with Crippen molar-refractivity contribution in [1.82, 2.24) is 4.72 Å². The minimum absolute atomic E-state index is 0.0551. The van der Waals surface area contributed by atoms with E-state index in [0.717, 1.165) is 19.4 Å². The number of hydrogen-bond acceptors (Lipinski definition) is 14. The fourth-order valence-corrected chi connectivity index (χ4v) is 10.0. The second-order valence-electron chi connectivity index (χ2n) is 14.0. The molecule has 16 heteroatoms. The molecule has 2 aliphatic heterocycles. The van der Waals surface area contributed by atoms with Gasteiger partial charge in [0.1, 0.15) is 12.2 Å². The first-order valence-electron chi connectivity index (χ1n) is 15.3. The molecule has 2 unspecified atom stereocenters. The lowest BCUT2D eigenvalue weighted by Crippen LogP contribution is -2.79. The number of allylic oxidation sites excluding steroid dienone is 3. The number of carbonyl (C=O) groups is 5. The Morgan fingerprint density at radius 3 is 2.43 bits per heavy atom. The maximum atomic E-state index is 13.8. The molecule has 0 aromatic carbocycles. The van der Waals surface area contributed by atoms with Crippen LogP contribution in [0, 0.1) is 28.6 Å². The topological polar surface area (TPSA) is 218 Å². The molecule has 5 rings (SSSR count). The van der Waals surface area contributed by atoms with E-state index in [9.17, 15) is 42.6 Å². The van der Waals surface area contributed by atoms with Gasteiger partial charge in [-0.05, 0) is 51.0 Å². The first-order chi connectivity index (χ1) is 21.7. The van der Waals surface area contributed by atoms with Crippen LogP contribution in [0.25, 0.3) is 0 Å². The molecule has 260 valence electrons. The second-order valence-corrected chi connectivity index (χ2v) is 15.7. The zero-order chi connectivity index (χ0) is 35.0. The zero-order valence-electron chi connectivity index (χ0n) is 27.2. The summed E-state index contributed by atoms with van der Waals surface area (Å²) in [5.41, 5.74) is -3.97. The van der Waals surface area contributed by atoms with Gasteiger partial charge in [0.15, 0.2) is 11.5 Å². The number of ether oxygens (including phenoxy) is 5. The Morgan fingerprint density at radius 1 is 1.17 bits per heavy atom. The molecule has 0 aromatic heterocycles. The summed E-state index contributed by atoms with van der Waals surface area (Å²) in [6, 6.07) is -0.814. The van der Waals surface area contributed by atoms with E-state index in [1.807, 2.05) is 0 Å². The van der Waals surface area contributed by atoms with Crippen molar-refractivity contribution in [2.45, 2.75) is 89.9 Å². The standard InChI is InChI=1S/C31H41NO14S/c1-13(2)8-19(34)46-23-25-30-12-43-31(25,28(39)42-6)26(37)21(36)24(30)29(5)11-17(33)22(15(4)16(29)10-18(30)44-27(23)38)45-20(35)9-14(3)32-47(7,40)41/h8,14,16,18,21,23-26,32,36-37H,9-12H2,1-7H3/t14-,16?,18+,21+,23+,24?,25+,26-,29-,30+,31-/m0/s1. The third kappa shape index (κ3) is 5.32. The SMILES string of the molecule is COC(=O)[C@@]12OC[C@]34C([C@@H](O)[C@@H]1O)[C@@]1(C)CC(=O)C(OC(=O)C[C@H](C)NS(C)(=O)=O)=C(C)C1C[C@H]3OC(=O)[C@H](OC(=O)C=C(C)C)[C@@H]24. The molecule has 0 aromatic rings. The van der Waals surface area contributed by atoms with E-state index in [1.165, 1.54) is 6.92 Å². The van der Waals surface area contributed by atoms with Gasteiger partial charge in [-0.1, -0.05) is 12.5 Å². The van der Waals surface area contributed by atoms with E-state index in [-0.39, 0.29) is 31.6 Å². The summed E-state index contributed by atoms with van der Waals surface area (Å²) in [5, 5.41) is 23.6. The van der Waals surface area contributed by atoms with Gasteiger partial charge in [0.2, 0.25) is 21.7 Å². The van der Waals surface area contributed by atoms with Gasteiger partial charge in [0.25, 0.3) is 0 Å². The number of hydrogen-bond donors (Lipinski definition) is 3. The lowest BCUT2D eigenvalue weighted by Gasteiger charge is -2.67. The molecule has 0 amide bonds. The molecule has 3 aliphatic carbocycles. The number of sulfonamides is 1. The fraction of sp³-hybridized carbons (Fsp3) is 0.710. The van der Waals surface area contributed by atoms with Crippen molar-refractivity contribution in [3.8, 4) is 0 Å². The zero-order valence-corrected chi connectivity index (χ0v) is 28.0. The van der Waals surface area contributed by atoms with Crippen LogP contribution in [0.4, 0.5) is 0 Å². The van der Waals surface area contributed by atoms with Gasteiger partial charge in [0.05, 0.1) is 38.4 Å². The Bertz CT molecular complexity index is 1580. The smallest absolute Gasteiger partial charge is 0.348 e. The Balaban J connectivity index is 1.59. The highest BCUT2D eigenvalue weighted by molar-refractivity contribution is 7.88. The number of carbonyl (C=O) groups excluding carboxylic acids is 5. The quantitative estimate of drug-likeness (QED) is 0.172. The van der Waals surface area contributed by atoms with Crippen molar-refractivity contribution in [3.63, 3.8) is 0 Å². The number of nitrogens with one attached hydrogen (secondary N) is 1. The van der Waals surface area contributed by atoms with Crippen molar-refractivity contribution >= 4 is 39.7 Å². The van der Waals surface area contributed by atoms with Gasteiger partial charge in [0, 0.05) is 29.9 Å². The average Bonchev–Trinajstić information content (AvgIpc) is 3.24. The van der Waals surface area contributed by atoms with Crippen LogP contribution < -0.4 is 4.72 Å². The number of aliphatic hydroxyl groups excluding tert-OH is 2. The summed E-state index contributed by atoms with van der Waals surface area (Å²) in [6.07, 6.45) is -4.91. The average molecular weight is 684 g/mol. The maximum Gasteiger partial charge on any atom is 0.348 e. The molecule has 2 heterocycles. The second kappa shape index (κ2) is 11.8. The summed E-state index contributed by atoms with van der Waals surface area (Å²) in [7, 11) is -2.54. The highest BCUT2D eigenvalue weighted by Crippen LogP contribution is 2.72. The van der Waals surface area contributed by atoms with Crippen LogP contribution in [-0.2, 0) is 57.7 Å². The monoisotopic (exact) mass is 683 g/mol. The Morgan fingerprint density at radius 2 is 1.83 bits per heavy atom. The molecular formula is C31H41NO14S. The van der Waals surface area contributed by atoms with Gasteiger partial charge < -0.3 is 33.9 Å². The minimum Gasteiger partial charge on any atom is -0.467 e. The molecule has 0 radical (unpaired) electrons. The fourth-order valence-electron chi connectivity index (χ4n) is 9.19. The molecule has 1 spiro atoms. The highest BCUT2D eigenvalue weighted by atomic mass is 32.2. The predicted octanol–water partition coefficient (Wildman–Crippen LogP) is -0.170. The number of aliphatic hydroxyl groups is 2. The first-order valence-corrected chi connectivity index (χ1v) is 17.2. The number of methoxy groups -OCH3 is 1. The van der Waals surface area contributed by atoms with Gasteiger partial charge >= 0.3 is 23.9 Å². The van der Waals surface area contributed by atoms with E-state index in [0.29, 0.717) is 11.1 Å². The van der Waals surface area contributed by atoms with Gasteiger partial charge in [-0.25, -0.2) is 27.5 Å². The largest absolute Gasteiger partial charge is 0.467 e.